The summed E-state index contributed by atoms with van der Waals surface area (Å²) in [6.45, 7) is 7.32. The highest BCUT2D eigenvalue weighted by Gasteiger charge is 2.52. The lowest BCUT2D eigenvalue weighted by molar-refractivity contribution is 0.00578. The maximum absolute atomic E-state index is 11.6. The van der Waals surface area contributed by atoms with Crippen molar-refractivity contribution in [3.05, 3.63) is 22.6 Å². The number of rotatable bonds is 2. The Morgan fingerprint density at radius 3 is 2.15 bits per heavy atom. The molecule has 0 spiro atoms. The Hall–Kier alpha value is -1.16. The summed E-state index contributed by atoms with van der Waals surface area (Å²) in [5.41, 5.74) is -1.64. The number of primary sulfonamides is 1. The summed E-state index contributed by atoms with van der Waals surface area (Å²) in [5.74, 6) is 0. The molecule has 0 amide bonds. The number of hydrogen-bond donors (Lipinski definition) is 2. The van der Waals surface area contributed by atoms with Crippen LogP contribution in [0.5, 0.6) is 0 Å². The largest absolute Gasteiger partial charge is 0.496 e. The molecule has 0 aromatic carbocycles. The second-order valence-electron chi connectivity index (χ2n) is 5.75. The lowest BCUT2D eigenvalue weighted by Gasteiger charge is -2.32. The molecule has 1 aliphatic heterocycles. The van der Waals surface area contributed by atoms with E-state index in [2.05, 4.69) is 4.98 Å². The van der Waals surface area contributed by atoms with Crippen molar-refractivity contribution >= 4 is 22.6 Å². The van der Waals surface area contributed by atoms with Crippen molar-refractivity contribution in [3.8, 4) is 0 Å². The third-order valence-corrected chi connectivity index (χ3v) is 4.70. The van der Waals surface area contributed by atoms with Gasteiger partial charge in [-0.25, -0.2) is 13.6 Å². The van der Waals surface area contributed by atoms with Gasteiger partial charge in [-0.05, 0) is 27.7 Å². The lowest BCUT2D eigenvalue weighted by Crippen LogP contribution is -2.41. The highest BCUT2D eigenvalue weighted by molar-refractivity contribution is 7.89. The average Bonchev–Trinajstić information content (AvgIpc) is 2.46. The fourth-order valence-corrected chi connectivity index (χ4v) is 2.58. The molecule has 9 heteroatoms. The normalized spacial score (nSPS) is 21.1. The van der Waals surface area contributed by atoms with Gasteiger partial charge in [-0.1, -0.05) is 0 Å². The predicted molar refractivity (Wildman–Crippen MR) is 74.2 cm³/mol. The van der Waals surface area contributed by atoms with E-state index >= 15 is 0 Å². The molecule has 20 heavy (non-hydrogen) atoms. The molecule has 0 unspecified atom stereocenters. The number of aromatic nitrogens is 1. The van der Waals surface area contributed by atoms with Crippen LogP contribution in [0, 0.1) is 0 Å². The first-order valence-corrected chi connectivity index (χ1v) is 7.60. The number of nitrogens with two attached hydrogens (primary N) is 1. The maximum atomic E-state index is 11.6. The SMILES string of the molecule is CC1(C)OB(c2cc(=O)[nH]cc2S(N)(=O)=O)OC1(C)C. The van der Waals surface area contributed by atoms with E-state index in [4.69, 9.17) is 14.4 Å². The number of sulfonamides is 1. The molecule has 0 aliphatic carbocycles. The zero-order chi connectivity index (χ0) is 15.3. The molecule has 1 fully saturated rings. The molecule has 1 saturated heterocycles. The summed E-state index contributed by atoms with van der Waals surface area (Å²) in [5, 5.41) is 5.15. The molecule has 1 aromatic heterocycles. The first-order valence-electron chi connectivity index (χ1n) is 6.05. The van der Waals surface area contributed by atoms with Crippen molar-refractivity contribution in [3.63, 3.8) is 0 Å². The standard InChI is InChI=1S/C11H17BN2O5S/c1-10(2)11(3,4)19-12(18-10)7-5-9(15)14-6-8(7)20(13,16)17/h5-6H,1-4H3,(H,14,15)(H2,13,16,17). The fourth-order valence-electron chi connectivity index (χ4n) is 1.87. The van der Waals surface area contributed by atoms with Crippen molar-refractivity contribution in [2.45, 2.75) is 43.8 Å². The van der Waals surface area contributed by atoms with Crippen LogP contribution in [-0.4, -0.2) is 31.7 Å². The quantitative estimate of drug-likeness (QED) is 0.703. The molecule has 0 atom stereocenters. The van der Waals surface area contributed by atoms with E-state index in [0.717, 1.165) is 12.3 Å². The zero-order valence-corrected chi connectivity index (χ0v) is 12.6. The molecule has 0 saturated carbocycles. The minimum Gasteiger partial charge on any atom is -0.399 e. The van der Waals surface area contributed by atoms with Crippen LogP contribution in [0.2, 0.25) is 0 Å². The van der Waals surface area contributed by atoms with Crippen LogP contribution < -0.4 is 16.2 Å². The molecule has 110 valence electrons. The monoisotopic (exact) mass is 300 g/mol. The van der Waals surface area contributed by atoms with Gasteiger partial charge in [0, 0.05) is 17.7 Å². The first-order chi connectivity index (χ1) is 8.94. The van der Waals surface area contributed by atoms with Gasteiger partial charge in [0.1, 0.15) is 0 Å². The van der Waals surface area contributed by atoms with Crippen LogP contribution in [0.15, 0.2) is 22.0 Å². The van der Waals surface area contributed by atoms with Crippen LogP contribution in [-0.2, 0) is 19.3 Å². The summed E-state index contributed by atoms with van der Waals surface area (Å²) in [7, 11) is -4.95. The van der Waals surface area contributed by atoms with Gasteiger partial charge >= 0.3 is 7.12 Å². The van der Waals surface area contributed by atoms with Crippen LogP contribution in [0.3, 0.4) is 0 Å². The minimum atomic E-state index is -3.99. The smallest absolute Gasteiger partial charge is 0.399 e. The molecule has 2 rings (SSSR count). The van der Waals surface area contributed by atoms with Crippen LogP contribution in [0.4, 0.5) is 0 Å². The van der Waals surface area contributed by atoms with Gasteiger partial charge in [0.05, 0.1) is 16.1 Å². The molecule has 1 aromatic rings. The van der Waals surface area contributed by atoms with Gasteiger partial charge in [-0.15, -0.1) is 0 Å². The first kappa shape index (κ1) is 15.2. The summed E-state index contributed by atoms with van der Waals surface area (Å²) >= 11 is 0. The van der Waals surface area contributed by atoms with Crippen LogP contribution in [0.1, 0.15) is 27.7 Å². The summed E-state index contributed by atoms with van der Waals surface area (Å²) in [6, 6.07) is 1.13. The van der Waals surface area contributed by atoms with Gasteiger partial charge in [0.2, 0.25) is 15.6 Å². The third kappa shape index (κ3) is 2.53. The topological polar surface area (TPSA) is 111 Å². The predicted octanol–water partition coefficient (Wildman–Crippen LogP) is -0.678. The molecule has 0 radical (unpaired) electrons. The molecular formula is C11H17BN2O5S. The highest BCUT2D eigenvalue weighted by Crippen LogP contribution is 2.36. The van der Waals surface area contributed by atoms with Gasteiger partial charge in [0.15, 0.2) is 0 Å². The van der Waals surface area contributed by atoms with E-state index in [0.29, 0.717) is 0 Å². The van der Waals surface area contributed by atoms with Gasteiger partial charge < -0.3 is 14.3 Å². The molecule has 0 bridgehead atoms. The van der Waals surface area contributed by atoms with E-state index < -0.39 is 33.9 Å². The van der Waals surface area contributed by atoms with Crippen molar-refractivity contribution < 1.29 is 17.7 Å². The van der Waals surface area contributed by atoms with E-state index in [1.807, 2.05) is 27.7 Å². The molecule has 3 N–H and O–H groups in total. The maximum Gasteiger partial charge on any atom is 0.496 e. The Bertz CT molecular complexity index is 679. The Morgan fingerprint density at radius 2 is 1.70 bits per heavy atom. The Kier molecular flexibility index (Phi) is 3.37. The van der Waals surface area contributed by atoms with Crippen molar-refractivity contribution in [1.29, 1.82) is 0 Å². The van der Waals surface area contributed by atoms with Gasteiger partial charge in [-0.2, -0.15) is 0 Å². The average molecular weight is 300 g/mol. The number of nitrogens with one attached hydrogen (secondary N) is 1. The highest BCUT2D eigenvalue weighted by atomic mass is 32.2. The van der Waals surface area contributed by atoms with E-state index in [-0.39, 0.29) is 10.4 Å². The second-order valence-corrected chi connectivity index (χ2v) is 7.28. The number of aromatic amines is 1. The van der Waals surface area contributed by atoms with Crippen molar-refractivity contribution in [2.75, 3.05) is 0 Å². The van der Waals surface area contributed by atoms with E-state index in [1.54, 1.807) is 0 Å². The minimum absolute atomic E-state index is 0.106. The van der Waals surface area contributed by atoms with Crippen molar-refractivity contribution in [1.82, 2.24) is 4.98 Å². The molecule has 1 aliphatic rings. The summed E-state index contributed by atoms with van der Waals surface area (Å²) in [4.78, 5) is 13.5. The molecule has 2 heterocycles. The number of pyridine rings is 1. The lowest BCUT2D eigenvalue weighted by atomic mass is 9.80. The zero-order valence-electron chi connectivity index (χ0n) is 11.8. The van der Waals surface area contributed by atoms with Gasteiger partial charge in [0.25, 0.3) is 0 Å². The van der Waals surface area contributed by atoms with Crippen LogP contribution in [0.25, 0.3) is 0 Å². The number of hydrogen-bond acceptors (Lipinski definition) is 5. The molecular weight excluding hydrogens is 283 g/mol. The van der Waals surface area contributed by atoms with Crippen LogP contribution >= 0.6 is 0 Å². The number of H-pyrrole nitrogens is 1. The summed E-state index contributed by atoms with van der Waals surface area (Å²) in [6.07, 6.45) is 1.05. The Morgan fingerprint density at radius 1 is 1.20 bits per heavy atom. The fraction of sp³-hybridized carbons (Fsp3) is 0.545. The second kappa shape index (κ2) is 4.42. The molecule has 7 nitrogen and oxygen atoms in total. The Balaban J connectivity index is 2.55. The van der Waals surface area contributed by atoms with Crippen molar-refractivity contribution in [2.24, 2.45) is 5.14 Å². The third-order valence-electron chi connectivity index (χ3n) is 3.73. The van der Waals surface area contributed by atoms with E-state index in [1.165, 1.54) is 0 Å². The van der Waals surface area contributed by atoms with Gasteiger partial charge in [-0.3, -0.25) is 4.79 Å². The Labute approximate surface area is 117 Å². The summed E-state index contributed by atoms with van der Waals surface area (Å²) < 4.78 is 34.7. The van der Waals surface area contributed by atoms with E-state index in [9.17, 15) is 13.2 Å².